The maximum absolute atomic E-state index is 11.7. The molecule has 0 spiro atoms. The van der Waals surface area contributed by atoms with Gasteiger partial charge in [0.1, 0.15) is 0 Å². The van der Waals surface area contributed by atoms with E-state index in [0.29, 0.717) is 37.5 Å². The number of carbonyl (C=O) groups is 2. The Morgan fingerprint density at radius 1 is 1.53 bits per heavy atom. The predicted molar refractivity (Wildman–Crippen MR) is 59.2 cm³/mol. The molecular formula is C10H12HgNO4S. The molecule has 0 bridgehead atoms. The summed E-state index contributed by atoms with van der Waals surface area (Å²) in [6.07, 6.45) is 0.0705. The summed E-state index contributed by atoms with van der Waals surface area (Å²) < 4.78 is 6.17. The second kappa shape index (κ2) is 7.08. The number of carboxylic acid groups (broad SMARTS) is 1. The number of thiophene rings is 1. The van der Waals surface area contributed by atoms with Crippen LogP contribution < -0.4 is 5.32 Å². The molecule has 1 unspecified atom stereocenters. The Kier molecular flexibility index (Phi) is 6.08. The zero-order valence-electron chi connectivity index (χ0n) is 9.43. The van der Waals surface area contributed by atoms with Crippen LogP contribution in [0.15, 0.2) is 12.1 Å². The zero-order chi connectivity index (χ0) is 12.8. The molecule has 0 saturated heterocycles. The molecule has 17 heavy (non-hydrogen) atoms. The van der Waals surface area contributed by atoms with E-state index in [0.717, 1.165) is 15.3 Å². The fourth-order valence-corrected chi connectivity index (χ4v) is 3.64. The van der Waals surface area contributed by atoms with Gasteiger partial charge in [-0.25, -0.2) is 0 Å². The number of hydrogen-bond donors (Lipinski definition) is 2. The van der Waals surface area contributed by atoms with Gasteiger partial charge in [-0.3, -0.25) is 0 Å². The van der Waals surface area contributed by atoms with Gasteiger partial charge in [-0.15, -0.1) is 0 Å². The predicted octanol–water partition coefficient (Wildman–Crippen LogP) is 1.16. The molecule has 1 aromatic heterocycles. The van der Waals surface area contributed by atoms with Crippen molar-refractivity contribution in [3.63, 3.8) is 0 Å². The summed E-state index contributed by atoms with van der Waals surface area (Å²) in [5.41, 5.74) is 0. The van der Waals surface area contributed by atoms with Crippen LogP contribution in [0.5, 0.6) is 0 Å². The van der Waals surface area contributed by atoms with Crippen LogP contribution in [-0.4, -0.2) is 36.7 Å². The van der Waals surface area contributed by atoms with E-state index in [1.54, 1.807) is 7.11 Å². The number of nitrogens with one attached hydrogen (secondary N) is 1. The molecule has 0 saturated carbocycles. The Labute approximate surface area is 119 Å². The van der Waals surface area contributed by atoms with E-state index in [1.807, 2.05) is 0 Å². The van der Waals surface area contributed by atoms with Crippen molar-refractivity contribution in [3.05, 3.63) is 21.9 Å². The summed E-state index contributed by atoms with van der Waals surface area (Å²) in [4.78, 5) is 22.9. The van der Waals surface area contributed by atoms with Gasteiger partial charge in [0.05, 0.1) is 0 Å². The van der Waals surface area contributed by atoms with Crippen LogP contribution in [0, 0.1) is 0 Å². The Morgan fingerprint density at radius 3 is 2.65 bits per heavy atom. The first kappa shape index (κ1) is 14.6. The molecule has 0 fully saturated rings. The number of carboxylic acids is 1. The van der Waals surface area contributed by atoms with Crippen LogP contribution in [-0.2, 0) is 30.9 Å². The Bertz CT molecular complexity index is 403. The molecule has 0 aromatic carbocycles. The van der Waals surface area contributed by atoms with Gasteiger partial charge >= 0.3 is 120 Å². The van der Waals surface area contributed by atoms with Crippen molar-refractivity contribution in [3.8, 4) is 0 Å². The van der Waals surface area contributed by atoms with Crippen molar-refractivity contribution in [1.82, 2.24) is 5.32 Å². The summed E-state index contributed by atoms with van der Waals surface area (Å²) in [5, 5.41) is 11.5. The van der Waals surface area contributed by atoms with Crippen molar-refractivity contribution in [2.45, 2.75) is 10.0 Å². The van der Waals surface area contributed by atoms with Crippen molar-refractivity contribution >= 4 is 23.2 Å². The first-order valence-electron chi connectivity index (χ1n) is 5.01. The topological polar surface area (TPSA) is 75.6 Å². The van der Waals surface area contributed by atoms with Gasteiger partial charge in [0, 0.05) is 0 Å². The van der Waals surface area contributed by atoms with Crippen LogP contribution in [0.25, 0.3) is 0 Å². The quantitative estimate of drug-likeness (QED) is 0.648. The fourth-order valence-electron chi connectivity index (χ4n) is 1.17. The maximum atomic E-state index is 11.7. The monoisotopic (exact) mass is 444 g/mol. The van der Waals surface area contributed by atoms with Gasteiger partial charge in [0.15, 0.2) is 0 Å². The third-order valence-corrected chi connectivity index (χ3v) is 5.76. The van der Waals surface area contributed by atoms with Crippen molar-refractivity contribution < 1.29 is 45.6 Å². The minimum atomic E-state index is -1.01. The Balaban J connectivity index is 2.54. The molecule has 5 nitrogen and oxygen atoms in total. The number of amides is 1. The molecule has 0 aliphatic carbocycles. The van der Waals surface area contributed by atoms with E-state index in [9.17, 15) is 9.59 Å². The molecule has 0 aliphatic heterocycles. The number of carbonyl (C=O) groups excluding carboxylic acids is 1. The summed E-state index contributed by atoms with van der Waals surface area (Å²) in [5.74, 6) is -1.25. The first-order valence-corrected chi connectivity index (χ1v) is 9.72. The molecule has 0 radical (unpaired) electrons. The summed E-state index contributed by atoms with van der Waals surface area (Å²) >= 11 is 1.61. The van der Waals surface area contributed by atoms with Gasteiger partial charge in [-0.2, -0.15) is 0 Å². The summed E-state index contributed by atoms with van der Waals surface area (Å²) in [6, 6.07) is 2.96. The standard InChI is InChI=1S/C10H12NO4S.Hg/c1-6(15-2)5-11-9(12)7-3-4-8(16-7)10(13)14;/h3-4,6H,1,5H2,2H3,(H,11,12)(H,13,14);. The molecule has 1 aromatic rings. The average Bonchev–Trinajstić information content (AvgIpc) is 2.79. The van der Waals surface area contributed by atoms with E-state index in [4.69, 9.17) is 9.84 Å². The Morgan fingerprint density at radius 2 is 2.18 bits per heavy atom. The van der Waals surface area contributed by atoms with Crippen LogP contribution in [0.4, 0.5) is 0 Å². The van der Waals surface area contributed by atoms with Gasteiger partial charge in [0.25, 0.3) is 0 Å². The van der Waals surface area contributed by atoms with Crippen molar-refractivity contribution in [2.75, 3.05) is 13.7 Å². The molecular weight excluding hydrogens is 431 g/mol. The second-order valence-corrected chi connectivity index (χ2v) is 6.65. The van der Waals surface area contributed by atoms with Crippen LogP contribution in [0.1, 0.15) is 19.3 Å². The van der Waals surface area contributed by atoms with E-state index in [2.05, 4.69) is 5.32 Å². The number of aromatic carboxylic acids is 1. The molecule has 2 N–H and O–H groups in total. The minimum absolute atomic E-state index is 0.0705. The average molecular weight is 443 g/mol. The zero-order valence-corrected chi connectivity index (χ0v) is 15.7. The van der Waals surface area contributed by atoms with Gasteiger partial charge < -0.3 is 0 Å². The van der Waals surface area contributed by atoms with Crippen LogP contribution in [0.3, 0.4) is 0 Å². The summed E-state index contributed by atoms with van der Waals surface area (Å²) in [6.45, 7) is 0.471. The Hall–Kier alpha value is -0.465. The molecule has 7 heteroatoms. The SMILES string of the molecule is COC([CH2][Hg])CNC(=O)c1ccc(C(=O)O)s1. The third-order valence-electron chi connectivity index (χ3n) is 2.19. The fraction of sp³-hybridized carbons (Fsp3) is 0.400. The van der Waals surface area contributed by atoms with Crippen molar-refractivity contribution in [2.24, 2.45) is 0 Å². The number of hydrogen-bond acceptors (Lipinski definition) is 4. The molecule has 1 heterocycles. The van der Waals surface area contributed by atoms with E-state index in [-0.39, 0.29) is 16.9 Å². The van der Waals surface area contributed by atoms with Crippen LogP contribution in [0.2, 0.25) is 3.93 Å². The molecule has 89 valence electrons. The molecule has 0 aliphatic rings. The van der Waals surface area contributed by atoms with E-state index < -0.39 is 5.97 Å². The van der Waals surface area contributed by atoms with Crippen molar-refractivity contribution in [1.29, 1.82) is 0 Å². The number of rotatable bonds is 6. The van der Waals surface area contributed by atoms with E-state index in [1.165, 1.54) is 12.1 Å². The first-order chi connectivity index (χ1) is 8.08. The van der Waals surface area contributed by atoms with Gasteiger partial charge in [-0.05, 0) is 0 Å². The molecule has 1 atom stereocenters. The van der Waals surface area contributed by atoms with Crippen LogP contribution >= 0.6 is 11.3 Å². The molecule has 1 amide bonds. The number of ether oxygens (including phenoxy) is 1. The van der Waals surface area contributed by atoms with Gasteiger partial charge in [0.2, 0.25) is 0 Å². The third kappa shape index (κ3) is 4.36. The van der Waals surface area contributed by atoms with Gasteiger partial charge in [-0.1, -0.05) is 0 Å². The summed E-state index contributed by atoms with van der Waals surface area (Å²) in [7, 11) is 1.62. The normalized spacial score (nSPS) is 12.2. The molecule has 1 rings (SSSR count). The second-order valence-electron chi connectivity index (χ2n) is 3.33. The number of methoxy groups -OCH3 is 1. The van der Waals surface area contributed by atoms with E-state index >= 15 is 0 Å².